The zero-order chi connectivity index (χ0) is 16.6. The number of aliphatic hydroxyl groups is 1. The molecular formula is C18H18N2O3. The van der Waals surface area contributed by atoms with Gasteiger partial charge in [0.05, 0.1) is 5.92 Å². The molecule has 5 nitrogen and oxygen atoms in total. The Hall–Kier alpha value is -2.56. The van der Waals surface area contributed by atoms with E-state index < -0.39 is 0 Å². The van der Waals surface area contributed by atoms with Gasteiger partial charge >= 0.3 is 0 Å². The van der Waals surface area contributed by atoms with Crippen LogP contribution in [0.2, 0.25) is 0 Å². The molecule has 0 fully saturated rings. The van der Waals surface area contributed by atoms with E-state index in [2.05, 4.69) is 10.2 Å². The van der Waals surface area contributed by atoms with Gasteiger partial charge in [0.1, 0.15) is 11.5 Å². The standard InChI is InChI=1S/C18H18N2O3/c1-10-11(2)16(19-20-17-13(21)8-9-14(17)22)18(23)15(10)12-6-4-3-5-7-12/h3-7,10,15,21H,8-9H2,1-2H3. The number of hydrogen-bond acceptors (Lipinski definition) is 5. The molecule has 2 aliphatic carbocycles. The van der Waals surface area contributed by atoms with Crippen molar-refractivity contribution in [3.8, 4) is 0 Å². The van der Waals surface area contributed by atoms with Crippen LogP contribution in [0.15, 0.2) is 63.3 Å². The number of carbonyl (C=O) groups excluding carboxylic acids is 2. The van der Waals surface area contributed by atoms with Gasteiger partial charge in [0.2, 0.25) is 0 Å². The van der Waals surface area contributed by atoms with Gasteiger partial charge in [0.25, 0.3) is 0 Å². The first kappa shape index (κ1) is 15.3. The summed E-state index contributed by atoms with van der Waals surface area (Å²) in [6.45, 7) is 3.86. The highest BCUT2D eigenvalue weighted by Crippen LogP contribution is 2.41. The maximum absolute atomic E-state index is 12.7. The molecule has 0 aromatic heterocycles. The lowest BCUT2D eigenvalue weighted by atomic mass is 9.87. The van der Waals surface area contributed by atoms with Gasteiger partial charge in [-0.15, -0.1) is 10.2 Å². The van der Waals surface area contributed by atoms with Gasteiger partial charge in [-0.2, -0.15) is 0 Å². The molecule has 0 saturated heterocycles. The van der Waals surface area contributed by atoms with Crippen LogP contribution in [-0.2, 0) is 9.59 Å². The second kappa shape index (κ2) is 5.91. The van der Waals surface area contributed by atoms with Crippen LogP contribution in [0.1, 0.15) is 38.2 Å². The van der Waals surface area contributed by atoms with E-state index >= 15 is 0 Å². The monoisotopic (exact) mass is 310 g/mol. The highest BCUT2D eigenvalue weighted by atomic mass is 16.3. The predicted molar refractivity (Wildman–Crippen MR) is 84.8 cm³/mol. The molecule has 0 amide bonds. The average molecular weight is 310 g/mol. The maximum Gasteiger partial charge on any atom is 0.191 e. The molecule has 0 heterocycles. The zero-order valence-corrected chi connectivity index (χ0v) is 13.1. The number of nitrogens with zero attached hydrogens (tertiary/aromatic N) is 2. The Morgan fingerprint density at radius 1 is 1.04 bits per heavy atom. The van der Waals surface area contributed by atoms with Crippen molar-refractivity contribution in [3.05, 3.63) is 58.6 Å². The van der Waals surface area contributed by atoms with Crippen molar-refractivity contribution < 1.29 is 14.7 Å². The van der Waals surface area contributed by atoms with Gasteiger partial charge in [-0.1, -0.05) is 37.3 Å². The molecule has 3 rings (SSSR count). The summed E-state index contributed by atoms with van der Waals surface area (Å²) < 4.78 is 0. The van der Waals surface area contributed by atoms with Gasteiger partial charge in [0.15, 0.2) is 17.3 Å². The fourth-order valence-corrected chi connectivity index (χ4v) is 3.11. The van der Waals surface area contributed by atoms with Crippen LogP contribution in [0.5, 0.6) is 0 Å². The van der Waals surface area contributed by atoms with Crippen molar-refractivity contribution in [1.82, 2.24) is 0 Å². The lowest BCUT2D eigenvalue weighted by Crippen LogP contribution is -2.13. The molecule has 0 bridgehead atoms. The van der Waals surface area contributed by atoms with E-state index in [4.69, 9.17) is 0 Å². The van der Waals surface area contributed by atoms with Crippen molar-refractivity contribution in [2.75, 3.05) is 0 Å². The number of hydrogen-bond donors (Lipinski definition) is 1. The van der Waals surface area contributed by atoms with E-state index in [1.807, 2.05) is 44.2 Å². The fourth-order valence-electron chi connectivity index (χ4n) is 3.11. The molecule has 1 aromatic carbocycles. The Balaban J connectivity index is 1.90. The first-order chi connectivity index (χ1) is 11.0. The molecule has 0 aliphatic heterocycles. The van der Waals surface area contributed by atoms with Crippen LogP contribution in [-0.4, -0.2) is 16.7 Å². The number of ketones is 2. The van der Waals surface area contributed by atoms with Crippen LogP contribution < -0.4 is 0 Å². The first-order valence-electron chi connectivity index (χ1n) is 7.67. The van der Waals surface area contributed by atoms with Crippen LogP contribution >= 0.6 is 0 Å². The molecule has 2 aliphatic rings. The van der Waals surface area contributed by atoms with E-state index in [9.17, 15) is 14.7 Å². The molecule has 1 N–H and O–H groups in total. The number of rotatable bonds is 3. The van der Waals surface area contributed by atoms with Crippen LogP contribution in [0, 0.1) is 5.92 Å². The number of carbonyl (C=O) groups is 2. The highest BCUT2D eigenvalue weighted by Gasteiger charge is 2.38. The zero-order valence-electron chi connectivity index (χ0n) is 13.1. The molecule has 2 unspecified atom stereocenters. The fraction of sp³-hybridized carbons (Fsp3) is 0.333. The van der Waals surface area contributed by atoms with E-state index in [1.165, 1.54) is 0 Å². The van der Waals surface area contributed by atoms with Gasteiger partial charge in [-0.05, 0) is 24.0 Å². The van der Waals surface area contributed by atoms with E-state index in [0.29, 0.717) is 12.1 Å². The number of aliphatic hydroxyl groups excluding tert-OH is 1. The van der Waals surface area contributed by atoms with Gasteiger partial charge in [-0.25, -0.2) is 0 Å². The second-order valence-electron chi connectivity index (χ2n) is 5.99. The Morgan fingerprint density at radius 3 is 2.30 bits per heavy atom. The molecule has 2 atom stereocenters. The third-order valence-corrected chi connectivity index (χ3v) is 4.61. The largest absolute Gasteiger partial charge is 0.510 e. The molecule has 23 heavy (non-hydrogen) atoms. The minimum atomic E-state index is -0.271. The summed E-state index contributed by atoms with van der Waals surface area (Å²) in [5.74, 6) is -0.610. The van der Waals surface area contributed by atoms with Gasteiger partial charge in [-0.3, -0.25) is 9.59 Å². The summed E-state index contributed by atoms with van der Waals surface area (Å²) in [4.78, 5) is 24.3. The van der Waals surface area contributed by atoms with Crippen LogP contribution in [0.4, 0.5) is 0 Å². The van der Waals surface area contributed by atoms with Gasteiger partial charge in [0, 0.05) is 12.8 Å². The third-order valence-electron chi connectivity index (χ3n) is 4.61. The summed E-state index contributed by atoms with van der Waals surface area (Å²) in [6.07, 6.45) is 0.539. The van der Waals surface area contributed by atoms with E-state index in [-0.39, 0.29) is 41.3 Å². The third kappa shape index (κ3) is 2.63. The number of azo groups is 1. The van der Waals surface area contributed by atoms with E-state index in [1.54, 1.807) is 0 Å². The lowest BCUT2D eigenvalue weighted by molar-refractivity contribution is -0.117. The summed E-state index contributed by atoms with van der Waals surface area (Å²) >= 11 is 0. The summed E-state index contributed by atoms with van der Waals surface area (Å²) in [5.41, 5.74) is 2.09. The normalized spacial score (nSPS) is 25.3. The summed E-state index contributed by atoms with van der Waals surface area (Å²) in [7, 11) is 0. The smallest absolute Gasteiger partial charge is 0.191 e. The van der Waals surface area contributed by atoms with E-state index in [0.717, 1.165) is 11.1 Å². The van der Waals surface area contributed by atoms with Crippen molar-refractivity contribution in [1.29, 1.82) is 0 Å². The summed E-state index contributed by atoms with van der Waals surface area (Å²) in [5, 5.41) is 17.5. The second-order valence-corrected chi connectivity index (χ2v) is 5.99. The summed E-state index contributed by atoms with van der Waals surface area (Å²) in [6, 6.07) is 9.59. The van der Waals surface area contributed by atoms with Crippen LogP contribution in [0.3, 0.4) is 0 Å². The molecule has 0 spiro atoms. The topological polar surface area (TPSA) is 79.1 Å². The molecule has 0 radical (unpaired) electrons. The number of allylic oxidation sites excluding steroid dienone is 4. The maximum atomic E-state index is 12.7. The molecule has 118 valence electrons. The number of Topliss-reactive ketones (excluding diaryl/α,β-unsaturated/α-hetero) is 2. The Morgan fingerprint density at radius 2 is 1.70 bits per heavy atom. The number of benzene rings is 1. The Labute approximate surface area is 134 Å². The minimum Gasteiger partial charge on any atom is -0.510 e. The van der Waals surface area contributed by atoms with Crippen molar-refractivity contribution in [3.63, 3.8) is 0 Å². The highest BCUT2D eigenvalue weighted by molar-refractivity contribution is 6.04. The Bertz CT molecular complexity index is 760. The quantitative estimate of drug-likeness (QED) is 0.861. The van der Waals surface area contributed by atoms with Crippen LogP contribution in [0.25, 0.3) is 0 Å². The Kier molecular flexibility index (Phi) is 3.94. The predicted octanol–water partition coefficient (Wildman–Crippen LogP) is 3.85. The van der Waals surface area contributed by atoms with Crippen molar-refractivity contribution in [2.45, 2.75) is 32.6 Å². The molecule has 5 heteroatoms. The molecule has 1 aromatic rings. The lowest BCUT2D eigenvalue weighted by Gasteiger charge is -2.15. The van der Waals surface area contributed by atoms with Gasteiger partial charge < -0.3 is 5.11 Å². The van der Waals surface area contributed by atoms with Crippen molar-refractivity contribution in [2.24, 2.45) is 16.1 Å². The SMILES string of the molecule is CC1=C(N=NC2=C(O)CCC2=O)C(=O)C(c2ccccc2)C1C. The minimum absolute atomic E-state index is 0.0195. The average Bonchev–Trinajstić information content (AvgIpc) is 2.97. The van der Waals surface area contributed by atoms with Crippen molar-refractivity contribution >= 4 is 11.6 Å². The molecule has 0 saturated carbocycles. The first-order valence-corrected chi connectivity index (χ1v) is 7.67. The molecular weight excluding hydrogens is 292 g/mol.